The summed E-state index contributed by atoms with van der Waals surface area (Å²) in [4.78, 5) is 47.7. The third-order valence-electron chi connectivity index (χ3n) is 5.94. The van der Waals surface area contributed by atoms with E-state index in [2.05, 4.69) is 10.6 Å². The van der Waals surface area contributed by atoms with Gasteiger partial charge in [0.15, 0.2) is 0 Å². The van der Waals surface area contributed by atoms with E-state index < -0.39 is 30.2 Å². The Hall–Kier alpha value is -4.99. The number of esters is 2. The first-order valence-electron chi connectivity index (χ1n) is 13.4. The van der Waals surface area contributed by atoms with Gasteiger partial charge in [-0.3, -0.25) is 25.1 Å². The maximum atomic E-state index is 12.3. The van der Waals surface area contributed by atoms with E-state index in [0.717, 1.165) is 22.3 Å². The number of amidine groups is 1. The average molecular weight is 574 g/mol. The molecule has 3 rings (SSSR count). The molecule has 10 nitrogen and oxygen atoms in total. The lowest BCUT2D eigenvalue weighted by Gasteiger charge is -2.16. The molecule has 3 N–H and O–H groups in total. The first kappa shape index (κ1) is 31.5. The molecule has 3 aromatic rings. The quantitative estimate of drug-likeness (QED) is 0.130. The van der Waals surface area contributed by atoms with Crippen molar-refractivity contribution in [3.05, 3.63) is 95.6 Å². The van der Waals surface area contributed by atoms with Gasteiger partial charge in [-0.2, -0.15) is 0 Å². The first-order chi connectivity index (χ1) is 20.0. The van der Waals surface area contributed by atoms with E-state index in [0.29, 0.717) is 5.56 Å². The molecule has 0 bridgehead atoms. The molecule has 0 radical (unpaired) electrons. The van der Waals surface area contributed by atoms with E-state index in [4.69, 9.17) is 19.6 Å². The van der Waals surface area contributed by atoms with E-state index in [1.165, 1.54) is 0 Å². The minimum Gasteiger partial charge on any atom is -0.444 e. The van der Waals surface area contributed by atoms with Crippen LogP contribution >= 0.6 is 0 Å². The second-order valence-electron chi connectivity index (χ2n) is 10.4. The minimum absolute atomic E-state index is 0.0460. The highest BCUT2D eigenvalue weighted by Crippen LogP contribution is 2.21. The van der Waals surface area contributed by atoms with Crippen LogP contribution in [0.4, 0.5) is 4.79 Å². The summed E-state index contributed by atoms with van der Waals surface area (Å²) < 4.78 is 14.9. The molecule has 3 aromatic carbocycles. The zero-order chi connectivity index (χ0) is 30.5. The van der Waals surface area contributed by atoms with Crippen LogP contribution in [-0.4, -0.2) is 43.1 Å². The van der Waals surface area contributed by atoms with Crippen LogP contribution in [0.15, 0.2) is 78.9 Å². The van der Waals surface area contributed by atoms with E-state index in [-0.39, 0.29) is 37.7 Å². The van der Waals surface area contributed by atoms with Gasteiger partial charge in [0.1, 0.15) is 12.4 Å². The second kappa shape index (κ2) is 15.1. The lowest BCUT2D eigenvalue weighted by molar-refractivity contribution is -0.173. The Morgan fingerprint density at radius 2 is 1.38 bits per heavy atom. The molecular weight excluding hydrogens is 538 g/mol. The standard InChI is InChI=1S/C32H35N3O7/c1-32(2,3)30(38)42-21-41-28(37)17-18-34-27(36)19-22-9-11-24(12-10-22)25-13-15-26(16-14-25)29(33)35-31(39)40-20-23-7-5-4-6-8-23/h4-16H,17-21H2,1-3H3,(H,34,36)(H2,33,35,39). The van der Waals surface area contributed by atoms with Gasteiger partial charge in [0.05, 0.1) is 18.3 Å². The van der Waals surface area contributed by atoms with Crippen LogP contribution in [0.3, 0.4) is 0 Å². The van der Waals surface area contributed by atoms with Crippen LogP contribution in [-0.2, 0) is 41.6 Å². The van der Waals surface area contributed by atoms with Gasteiger partial charge in [-0.1, -0.05) is 78.9 Å². The molecule has 220 valence electrons. The predicted octanol–water partition coefficient (Wildman–Crippen LogP) is 4.74. The maximum Gasteiger partial charge on any atom is 0.413 e. The highest BCUT2D eigenvalue weighted by Gasteiger charge is 2.23. The van der Waals surface area contributed by atoms with Crippen molar-refractivity contribution in [2.75, 3.05) is 13.3 Å². The molecule has 0 fully saturated rings. The van der Waals surface area contributed by atoms with Gasteiger partial charge in [-0.25, -0.2) is 4.79 Å². The number of hydrogen-bond acceptors (Lipinski definition) is 8. The predicted molar refractivity (Wildman–Crippen MR) is 156 cm³/mol. The Morgan fingerprint density at radius 1 is 0.762 bits per heavy atom. The van der Waals surface area contributed by atoms with Crippen molar-refractivity contribution in [3.63, 3.8) is 0 Å². The monoisotopic (exact) mass is 573 g/mol. The largest absolute Gasteiger partial charge is 0.444 e. The molecule has 0 unspecified atom stereocenters. The molecule has 0 saturated carbocycles. The minimum atomic E-state index is -0.702. The SMILES string of the molecule is CC(C)(C)C(=O)OCOC(=O)CCNC(=O)Cc1ccc(-c2ccc(C(=N)NC(=O)OCc3ccccc3)cc2)cc1. The number of hydrogen-bond donors (Lipinski definition) is 3. The molecule has 2 amide bonds. The highest BCUT2D eigenvalue weighted by atomic mass is 16.7. The van der Waals surface area contributed by atoms with Crippen molar-refractivity contribution >= 4 is 29.8 Å². The lowest BCUT2D eigenvalue weighted by Crippen LogP contribution is -2.30. The summed E-state index contributed by atoms with van der Waals surface area (Å²) in [5.41, 5.74) is 3.31. The molecule has 0 heterocycles. The zero-order valence-corrected chi connectivity index (χ0v) is 23.9. The van der Waals surface area contributed by atoms with Crippen molar-refractivity contribution in [1.82, 2.24) is 10.6 Å². The molecule has 0 atom stereocenters. The molecule has 10 heteroatoms. The number of alkyl carbamates (subject to hydrolysis) is 1. The molecule has 0 aliphatic rings. The fourth-order valence-electron chi connectivity index (χ4n) is 3.57. The van der Waals surface area contributed by atoms with Crippen LogP contribution in [0.1, 0.15) is 43.9 Å². The van der Waals surface area contributed by atoms with Crippen molar-refractivity contribution in [3.8, 4) is 11.1 Å². The summed E-state index contributed by atoms with van der Waals surface area (Å²) in [6, 6.07) is 23.9. The summed E-state index contributed by atoms with van der Waals surface area (Å²) in [6.45, 7) is 4.84. The number of nitrogens with one attached hydrogen (secondary N) is 3. The smallest absolute Gasteiger partial charge is 0.413 e. The maximum absolute atomic E-state index is 12.3. The van der Waals surface area contributed by atoms with Gasteiger partial charge in [-0.15, -0.1) is 0 Å². The molecule has 0 aliphatic carbocycles. The molecule has 0 saturated heterocycles. The summed E-state index contributed by atoms with van der Waals surface area (Å²) >= 11 is 0. The number of benzene rings is 3. The fourth-order valence-corrected chi connectivity index (χ4v) is 3.57. The summed E-state index contributed by atoms with van der Waals surface area (Å²) in [7, 11) is 0. The van der Waals surface area contributed by atoms with Gasteiger partial charge >= 0.3 is 18.0 Å². The normalized spacial score (nSPS) is 10.7. The number of ether oxygens (including phenoxy) is 3. The molecule has 42 heavy (non-hydrogen) atoms. The number of carbonyl (C=O) groups is 4. The zero-order valence-electron chi connectivity index (χ0n) is 23.9. The lowest BCUT2D eigenvalue weighted by atomic mass is 9.98. The van der Waals surface area contributed by atoms with Gasteiger partial charge < -0.3 is 19.5 Å². The van der Waals surface area contributed by atoms with Crippen molar-refractivity contribution in [1.29, 1.82) is 5.41 Å². The molecule has 0 aliphatic heterocycles. The van der Waals surface area contributed by atoms with Crippen LogP contribution < -0.4 is 10.6 Å². The third-order valence-corrected chi connectivity index (χ3v) is 5.94. The summed E-state index contributed by atoms with van der Waals surface area (Å²) in [5.74, 6) is -1.37. The summed E-state index contributed by atoms with van der Waals surface area (Å²) in [6.07, 6.45) is -0.609. The van der Waals surface area contributed by atoms with Gasteiger partial charge in [0.25, 0.3) is 0 Å². The number of carbonyl (C=O) groups excluding carboxylic acids is 4. The van der Waals surface area contributed by atoms with Crippen LogP contribution in [0.2, 0.25) is 0 Å². The van der Waals surface area contributed by atoms with Crippen LogP contribution in [0.5, 0.6) is 0 Å². The van der Waals surface area contributed by atoms with Gasteiger partial charge in [0, 0.05) is 12.1 Å². The van der Waals surface area contributed by atoms with E-state index >= 15 is 0 Å². The highest BCUT2D eigenvalue weighted by molar-refractivity contribution is 6.04. The topological polar surface area (TPSA) is 144 Å². The first-order valence-corrected chi connectivity index (χ1v) is 13.4. The van der Waals surface area contributed by atoms with Crippen molar-refractivity contribution in [2.45, 2.75) is 40.2 Å². The van der Waals surface area contributed by atoms with Crippen LogP contribution in [0.25, 0.3) is 11.1 Å². The Bertz CT molecular complexity index is 1380. The van der Waals surface area contributed by atoms with Crippen molar-refractivity contribution in [2.24, 2.45) is 5.41 Å². The van der Waals surface area contributed by atoms with Gasteiger partial charge in [-0.05, 0) is 43.0 Å². The third kappa shape index (κ3) is 10.5. The average Bonchev–Trinajstić information content (AvgIpc) is 2.96. The van der Waals surface area contributed by atoms with Gasteiger partial charge in [0.2, 0.25) is 12.7 Å². The Kier molecular flexibility index (Phi) is 11.4. The van der Waals surface area contributed by atoms with E-state index in [1.807, 2.05) is 66.7 Å². The Balaban J connectivity index is 1.39. The van der Waals surface area contributed by atoms with E-state index in [1.54, 1.807) is 32.9 Å². The van der Waals surface area contributed by atoms with E-state index in [9.17, 15) is 19.2 Å². The van der Waals surface area contributed by atoms with Crippen LogP contribution in [0, 0.1) is 10.8 Å². The Morgan fingerprint density at radius 3 is 2.00 bits per heavy atom. The number of amides is 2. The van der Waals surface area contributed by atoms with Crippen molar-refractivity contribution < 1.29 is 33.4 Å². The number of rotatable bonds is 11. The second-order valence-corrected chi connectivity index (χ2v) is 10.4. The Labute approximate surface area is 244 Å². The molecule has 0 spiro atoms. The fraction of sp³-hybridized carbons (Fsp3) is 0.281. The summed E-state index contributed by atoms with van der Waals surface area (Å²) in [5, 5.41) is 13.3. The molecular formula is C32H35N3O7. The molecule has 0 aromatic heterocycles.